The number of hydrogen-bond donors (Lipinski definition) is 1. The summed E-state index contributed by atoms with van der Waals surface area (Å²) in [4.78, 5) is 37.1. The van der Waals surface area contributed by atoms with Gasteiger partial charge in [0.25, 0.3) is 0 Å². The summed E-state index contributed by atoms with van der Waals surface area (Å²) in [6.07, 6.45) is 15.2. The van der Waals surface area contributed by atoms with E-state index in [1.165, 1.54) is 25.7 Å². The summed E-state index contributed by atoms with van der Waals surface area (Å²) in [5, 5.41) is 2.70. The van der Waals surface area contributed by atoms with Crippen molar-refractivity contribution >= 4 is 17.8 Å². The zero-order valence-corrected chi connectivity index (χ0v) is 37.1. The molecule has 326 valence electrons. The molecule has 1 amide bonds. The van der Waals surface area contributed by atoms with E-state index in [1.807, 2.05) is 0 Å². The standard InChI is InChI=1S/C45H87NO9/c1-36(2)19-21-40(38(5)6)23-25-42(47)18-14-13-15-28-52-34-43(35-55-45(49)46-27-31-51-33-32-50-9)53-29-16-11-10-12-17-30-54-44(48)26-24-41(39(7)8)22-20-37(3)4/h36-41,43H,10-35H2,1-9H3,(H,46,49). The number of ketones is 1. The van der Waals surface area contributed by atoms with Crippen molar-refractivity contribution in [3.05, 3.63) is 0 Å². The number of rotatable bonds is 39. The second-order valence-corrected chi connectivity index (χ2v) is 17.1. The van der Waals surface area contributed by atoms with Gasteiger partial charge in [0.15, 0.2) is 0 Å². The van der Waals surface area contributed by atoms with Crippen molar-refractivity contribution in [1.29, 1.82) is 0 Å². The maximum atomic E-state index is 12.5. The Bertz CT molecular complexity index is 911. The molecular formula is C45H87NO9. The summed E-state index contributed by atoms with van der Waals surface area (Å²) in [6.45, 7) is 21.8. The van der Waals surface area contributed by atoms with Gasteiger partial charge in [-0.3, -0.25) is 9.59 Å². The fourth-order valence-corrected chi connectivity index (χ4v) is 6.49. The Kier molecular flexibility index (Phi) is 35.4. The molecule has 0 saturated carbocycles. The lowest BCUT2D eigenvalue weighted by atomic mass is 9.84. The third-order valence-electron chi connectivity index (χ3n) is 10.4. The van der Waals surface area contributed by atoms with Crippen LogP contribution in [0.5, 0.6) is 0 Å². The van der Waals surface area contributed by atoms with Gasteiger partial charge in [-0.05, 0) is 86.9 Å². The number of amides is 1. The quantitative estimate of drug-likeness (QED) is 0.0480. The van der Waals surface area contributed by atoms with Crippen LogP contribution in [-0.4, -0.2) is 90.5 Å². The van der Waals surface area contributed by atoms with Crippen LogP contribution >= 0.6 is 0 Å². The molecule has 0 aromatic rings. The van der Waals surface area contributed by atoms with Crippen LogP contribution in [0.3, 0.4) is 0 Å². The summed E-state index contributed by atoms with van der Waals surface area (Å²) in [5.41, 5.74) is 0. The number of hydrogen-bond acceptors (Lipinski definition) is 9. The number of unbranched alkanes of at least 4 members (excludes halogenated alkanes) is 6. The van der Waals surface area contributed by atoms with Gasteiger partial charge in [0, 0.05) is 46.1 Å². The van der Waals surface area contributed by atoms with E-state index in [0.29, 0.717) is 113 Å². The van der Waals surface area contributed by atoms with E-state index < -0.39 is 6.09 Å². The van der Waals surface area contributed by atoms with Crippen molar-refractivity contribution < 1.29 is 42.8 Å². The molecule has 0 rings (SSSR count). The minimum atomic E-state index is -0.514. The third kappa shape index (κ3) is 35.2. The Morgan fingerprint density at radius 1 is 0.509 bits per heavy atom. The van der Waals surface area contributed by atoms with E-state index in [1.54, 1.807) is 7.11 Å². The molecule has 10 nitrogen and oxygen atoms in total. The minimum absolute atomic E-state index is 0.0728. The molecule has 0 aromatic carbocycles. The van der Waals surface area contributed by atoms with Gasteiger partial charge in [0.2, 0.25) is 0 Å². The molecule has 10 heteroatoms. The SMILES string of the molecule is COCCOCCNC(=O)OCC(COCCCCCC(=O)CCC(CCC(C)C)C(C)C)OCCCCCCCOC(=O)CCC(CCC(C)C)C(C)C. The summed E-state index contributed by atoms with van der Waals surface area (Å²) in [6, 6.07) is 0. The predicted octanol–water partition coefficient (Wildman–Crippen LogP) is 10.4. The fraction of sp³-hybridized carbons (Fsp3) is 0.933. The minimum Gasteiger partial charge on any atom is -0.466 e. The third-order valence-corrected chi connectivity index (χ3v) is 10.4. The van der Waals surface area contributed by atoms with Gasteiger partial charge in [0.05, 0.1) is 33.0 Å². The monoisotopic (exact) mass is 786 g/mol. The van der Waals surface area contributed by atoms with Crippen LogP contribution in [0.4, 0.5) is 4.79 Å². The first-order valence-electron chi connectivity index (χ1n) is 22.2. The normalized spacial score (nSPS) is 13.5. The summed E-state index contributed by atoms with van der Waals surface area (Å²) in [7, 11) is 1.61. The highest BCUT2D eigenvalue weighted by Crippen LogP contribution is 2.26. The van der Waals surface area contributed by atoms with Crippen LogP contribution in [0.2, 0.25) is 0 Å². The lowest BCUT2D eigenvalue weighted by molar-refractivity contribution is -0.144. The van der Waals surface area contributed by atoms with Crippen molar-refractivity contribution in [3.63, 3.8) is 0 Å². The van der Waals surface area contributed by atoms with E-state index in [2.05, 4.69) is 60.7 Å². The number of ether oxygens (including phenoxy) is 6. The van der Waals surface area contributed by atoms with E-state index in [-0.39, 0.29) is 18.7 Å². The molecule has 0 aliphatic carbocycles. The second-order valence-electron chi connectivity index (χ2n) is 17.1. The molecule has 0 aromatic heterocycles. The Hall–Kier alpha value is -1.75. The van der Waals surface area contributed by atoms with Gasteiger partial charge < -0.3 is 33.7 Å². The molecule has 1 N–H and O–H groups in total. The first-order valence-corrected chi connectivity index (χ1v) is 22.2. The molecule has 0 aliphatic rings. The summed E-state index contributed by atoms with van der Waals surface area (Å²) in [5.74, 6) is 4.12. The molecule has 0 spiro atoms. The lowest BCUT2D eigenvalue weighted by Gasteiger charge is -2.21. The van der Waals surface area contributed by atoms with Crippen LogP contribution < -0.4 is 5.32 Å². The first kappa shape index (κ1) is 53.2. The number of alkyl carbamates (subject to hydrolysis) is 1. The number of Topliss-reactive ketones (excluding diaryl/α,β-unsaturated/α-hetero) is 1. The van der Waals surface area contributed by atoms with Gasteiger partial charge in [-0.25, -0.2) is 4.79 Å². The van der Waals surface area contributed by atoms with Gasteiger partial charge in [0.1, 0.15) is 18.5 Å². The highest BCUT2D eigenvalue weighted by atomic mass is 16.6. The molecule has 0 fully saturated rings. The van der Waals surface area contributed by atoms with E-state index in [4.69, 9.17) is 28.4 Å². The first-order chi connectivity index (χ1) is 26.3. The largest absolute Gasteiger partial charge is 0.466 e. The van der Waals surface area contributed by atoms with E-state index in [0.717, 1.165) is 64.2 Å². The average Bonchev–Trinajstić information content (AvgIpc) is 3.13. The molecule has 0 bridgehead atoms. The van der Waals surface area contributed by atoms with Crippen LogP contribution in [0.15, 0.2) is 0 Å². The van der Waals surface area contributed by atoms with Crippen molar-refractivity contribution in [2.24, 2.45) is 35.5 Å². The zero-order chi connectivity index (χ0) is 41.1. The summed E-state index contributed by atoms with van der Waals surface area (Å²) >= 11 is 0. The van der Waals surface area contributed by atoms with Crippen LogP contribution in [0.1, 0.15) is 165 Å². The van der Waals surface area contributed by atoms with Crippen LogP contribution in [0, 0.1) is 35.5 Å². The smallest absolute Gasteiger partial charge is 0.407 e. The van der Waals surface area contributed by atoms with Crippen molar-refractivity contribution in [2.45, 2.75) is 171 Å². The van der Waals surface area contributed by atoms with Gasteiger partial charge in [-0.1, -0.05) is 93.9 Å². The zero-order valence-electron chi connectivity index (χ0n) is 37.1. The average molecular weight is 786 g/mol. The lowest BCUT2D eigenvalue weighted by Crippen LogP contribution is -2.33. The topological polar surface area (TPSA) is 119 Å². The van der Waals surface area contributed by atoms with E-state index >= 15 is 0 Å². The Balaban J connectivity index is 4.38. The van der Waals surface area contributed by atoms with Gasteiger partial charge in [-0.15, -0.1) is 0 Å². The number of carbonyl (C=O) groups excluding carboxylic acids is 3. The second kappa shape index (κ2) is 36.6. The van der Waals surface area contributed by atoms with Crippen molar-refractivity contribution in [1.82, 2.24) is 5.32 Å². The highest BCUT2D eigenvalue weighted by Gasteiger charge is 2.18. The Labute approximate surface area is 338 Å². The highest BCUT2D eigenvalue weighted by molar-refractivity contribution is 5.78. The number of carbonyl (C=O) groups is 3. The molecular weight excluding hydrogens is 698 g/mol. The van der Waals surface area contributed by atoms with Gasteiger partial charge in [-0.2, -0.15) is 0 Å². The molecule has 0 heterocycles. The predicted molar refractivity (Wildman–Crippen MR) is 223 cm³/mol. The Morgan fingerprint density at radius 2 is 1.09 bits per heavy atom. The molecule has 0 aliphatic heterocycles. The fourth-order valence-electron chi connectivity index (χ4n) is 6.49. The molecule has 3 atom stereocenters. The van der Waals surface area contributed by atoms with Crippen LogP contribution in [0.25, 0.3) is 0 Å². The Morgan fingerprint density at radius 3 is 1.71 bits per heavy atom. The van der Waals surface area contributed by atoms with Crippen LogP contribution in [-0.2, 0) is 38.0 Å². The number of nitrogens with one attached hydrogen (secondary N) is 1. The molecule has 55 heavy (non-hydrogen) atoms. The molecule has 3 unspecified atom stereocenters. The van der Waals surface area contributed by atoms with Gasteiger partial charge >= 0.3 is 12.1 Å². The van der Waals surface area contributed by atoms with E-state index in [9.17, 15) is 14.4 Å². The number of methoxy groups -OCH3 is 1. The van der Waals surface area contributed by atoms with Crippen molar-refractivity contribution in [2.75, 3.05) is 66.5 Å². The number of esters is 1. The van der Waals surface area contributed by atoms with Crippen molar-refractivity contribution in [3.8, 4) is 0 Å². The maximum Gasteiger partial charge on any atom is 0.407 e. The molecule has 0 radical (unpaired) electrons. The maximum absolute atomic E-state index is 12.5. The summed E-state index contributed by atoms with van der Waals surface area (Å²) < 4.78 is 33.3. The molecule has 0 saturated heterocycles.